The van der Waals surface area contributed by atoms with E-state index in [1.807, 2.05) is 0 Å². The molecule has 0 radical (unpaired) electrons. The Morgan fingerprint density at radius 1 is 1.06 bits per heavy atom. The van der Waals surface area contributed by atoms with Gasteiger partial charge in [-0.3, -0.25) is 4.79 Å². The molecule has 1 heterocycles. The number of amides is 1. The SMILES string of the molecule is O=CNc1ccc(S(=O)(=O)N2CCCCC2)cc1. The van der Waals surface area contributed by atoms with E-state index in [-0.39, 0.29) is 4.90 Å². The summed E-state index contributed by atoms with van der Waals surface area (Å²) in [6.45, 7) is 1.19. The molecule has 2 rings (SSSR count). The van der Waals surface area contributed by atoms with E-state index in [1.165, 1.54) is 16.4 Å². The van der Waals surface area contributed by atoms with Crippen LogP contribution in [-0.2, 0) is 14.8 Å². The average Bonchev–Trinajstić information content (AvgIpc) is 2.41. The lowest BCUT2D eigenvalue weighted by Gasteiger charge is -2.25. The molecule has 1 aromatic carbocycles. The molecule has 1 aliphatic rings. The van der Waals surface area contributed by atoms with Crippen LogP contribution in [0.5, 0.6) is 0 Å². The normalized spacial score (nSPS) is 17.3. The molecule has 6 heteroatoms. The summed E-state index contributed by atoms with van der Waals surface area (Å²) in [4.78, 5) is 10.5. The van der Waals surface area contributed by atoms with Crippen molar-refractivity contribution in [3.63, 3.8) is 0 Å². The van der Waals surface area contributed by atoms with Gasteiger partial charge in [0, 0.05) is 18.8 Å². The first kappa shape index (κ1) is 13.0. The highest BCUT2D eigenvalue weighted by Gasteiger charge is 2.25. The fourth-order valence-corrected chi connectivity index (χ4v) is 3.56. The Hall–Kier alpha value is -1.40. The molecule has 0 atom stereocenters. The molecule has 1 aliphatic heterocycles. The van der Waals surface area contributed by atoms with E-state index in [1.54, 1.807) is 12.1 Å². The zero-order chi connectivity index (χ0) is 13.0. The number of carbonyl (C=O) groups excluding carboxylic acids is 1. The van der Waals surface area contributed by atoms with Crippen molar-refractivity contribution in [1.29, 1.82) is 0 Å². The van der Waals surface area contributed by atoms with Crippen molar-refractivity contribution in [1.82, 2.24) is 4.31 Å². The Kier molecular flexibility index (Phi) is 3.98. The summed E-state index contributed by atoms with van der Waals surface area (Å²) < 4.78 is 26.1. The van der Waals surface area contributed by atoms with Crippen LogP contribution in [0.15, 0.2) is 29.2 Å². The number of nitrogens with one attached hydrogen (secondary N) is 1. The Bertz CT molecular complexity index is 505. The summed E-state index contributed by atoms with van der Waals surface area (Å²) in [5, 5.41) is 2.48. The van der Waals surface area contributed by atoms with E-state index >= 15 is 0 Å². The Balaban J connectivity index is 2.20. The first-order chi connectivity index (χ1) is 8.64. The van der Waals surface area contributed by atoms with Crippen LogP contribution in [0.2, 0.25) is 0 Å². The minimum Gasteiger partial charge on any atom is -0.329 e. The highest BCUT2D eigenvalue weighted by atomic mass is 32.2. The minimum atomic E-state index is -3.38. The molecule has 0 saturated carbocycles. The van der Waals surface area contributed by atoms with Crippen molar-refractivity contribution in [2.24, 2.45) is 0 Å². The second-order valence-electron chi connectivity index (χ2n) is 4.25. The number of anilines is 1. The van der Waals surface area contributed by atoms with Crippen LogP contribution in [0.1, 0.15) is 19.3 Å². The molecule has 5 nitrogen and oxygen atoms in total. The molecule has 1 fully saturated rings. The number of benzene rings is 1. The van der Waals surface area contributed by atoms with Gasteiger partial charge < -0.3 is 5.32 Å². The van der Waals surface area contributed by atoms with Crippen molar-refractivity contribution < 1.29 is 13.2 Å². The van der Waals surface area contributed by atoms with Crippen LogP contribution in [0, 0.1) is 0 Å². The van der Waals surface area contributed by atoms with Gasteiger partial charge in [-0.05, 0) is 37.1 Å². The van der Waals surface area contributed by atoms with Gasteiger partial charge in [-0.1, -0.05) is 6.42 Å². The molecule has 1 N–H and O–H groups in total. The fraction of sp³-hybridized carbons (Fsp3) is 0.417. The zero-order valence-corrected chi connectivity index (χ0v) is 10.8. The maximum atomic E-state index is 12.3. The van der Waals surface area contributed by atoms with Gasteiger partial charge in [0.15, 0.2) is 0 Å². The summed E-state index contributed by atoms with van der Waals surface area (Å²) in [5.74, 6) is 0. The van der Waals surface area contributed by atoms with Gasteiger partial charge in [0.25, 0.3) is 0 Å². The molecule has 0 unspecified atom stereocenters. The van der Waals surface area contributed by atoms with Gasteiger partial charge in [-0.25, -0.2) is 8.42 Å². The molecule has 0 bridgehead atoms. The van der Waals surface area contributed by atoms with Gasteiger partial charge in [0.1, 0.15) is 0 Å². The van der Waals surface area contributed by atoms with Gasteiger partial charge in [-0.15, -0.1) is 0 Å². The van der Waals surface area contributed by atoms with E-state index in [9.17, 15) is 13.2 Å². The second kappa shape index (κ2) is 5.49. The largest absolute Gasteiger partial charge is 0.329 e. The monoisotopic (exact) mass is 268 g/mol. The van der Waals surface area contributed by atoms with Crippen molar-refractivity contribution >= 4 is 22.1 Å². The topological polar surface area (TPSA) is 66.5 Å². The highest BCUT2D eigenvalue weighted by Crippen LogP contribution is 2.21. The highest BCUT2D eigenvalue weighted by molar-refractivity contribution is 7.89. The van der Waals surface area contributed by atoms with E-state index in [2.05, 4.69) is 5.32 Å². The lowest BCUT2D eigenvalue weighted by atomic mass is 10.2. The maximum absolute atomic E-state index is 12.3. The van der Waals surface area contributed by atoms with E-state index < -0.39 is 10.0 Å². The third-order valence-electron chi connectivity index (χ3n) is 3.03. The number of sulfonamides is 1. The predicted octanol–water partition coefficient (Wildman–Crippen LogP) is 1.43. The summed E-state index contributed by atoms with van der Waals surface area (Å²) in [5.41, 5.74) is 0.586. The zero-order valence-electron chi connectivity index (χ0n) is 10.0. The van der Waals surface area contributed by atoms with Crippen molar-refractivity contribution in [3.05, 3.63) is 24.3 Å². The Morgan fingerprint density at radius 2 is 1.67 bits per heavy atom. The average molecular weight is 268 g/mol. The van der Waals surface area contributed by atoms with Crippen LogP contribution in [0.3, 0.4) is 0 Å². The lowest BCUT2D eigenvalue weighted by Crippen LogP contribution is -2.35. The molecule has 0 spiro atoms. The molecule has 98 valence electrons. The molecule has 1 amide bonds. The number of hydrogen-bond acceptors (Lipinski definition) is 3. The maximum Gasteiger partial charge on any atom is 0.243 e. The van der Waals surface area contributed by atoms with E-state index in [0.29, 0.717) is 25.2 Å². The van der Waals surface area contributed by atoms with E-state index in [0.717, 1.165) is 19.3 Å². The van der Waals surface area contributed by atoms with Crippen LogP contribution in [-0.4, -0.2) is 32.2 Å². The summed E-state index contributed by atoms with van der Waals surface area (Å²) in [6, 6.07) is 6.22. The van der Waals surface area contributed by atoms with Crippen molar-refractivity contribution in [2.75, 3.05) is 18.4 Å². The van der Waals surface area contributed by atoms with Crippen LogP contribution < -0.4 is 5.32 Å². The van der Waals surface area contributed by atoms with Crippen LogP contribution in [0.4, 0.5) is 5.69 Å². The van der Waals surface area contributed by atoms with Gasteiger partial charge in [0.05, 0.1) is 4.90 Å². The smallest absolute Gasteiger partial charge is 0.243 e. The molecule has 1 saturated heterocycles. The molecule has 18 heavy (non-hydrogen) atoms. The summed E-state index contributed by atoms with van der Waals surface area (Å²) in [7, 11) is -3.38. The number of carbonyl (C=O) groups is 1. The van der Waals surface area contributed by atoms with Gasteiger partial charge in [0.2, 0.25) is 16.4 Å². The van der Waals surface area contributed by atoms with E-state index in [4.69, 9.17) is 0 Å². The third-order valence-corrected chi connectivity index (χ3v) is 4.95. The molecular formula is C12H16N2O3S. The van der Waals surface area contributed by atoms with Gasteiger partial charge in [-0.2, -0.15) is 4.31 Å². The lowest BCUT2D eigenvalue weighted by molar-refractivity contribution is -0.105. The first-order valence-electron chi connectivity index (χ1n) is 5.95. The fourth-order valence-electron chi connectivity index (χ4n) is 2.05. The Labute approximate surface area is 107 Å². The van der Waals surface area contributed by atoms with Gasteiger partial charge >= 0.3 is 0 Å². The summed E-state index contributed by atoms with van der Waals surface area (Å²) >= 11 is 0. The molecular weight excluding hydrogens is 252 g/mol. The molecule has 1 aromatic rings. The predicted molar refractivity (Wildman–Crippen MR) is 68.7 cm³/mol. The number of piperidine rings is 1. The quantitative estimate of drug-likeness (QED) is 0.840. The number of hydrogen-bond donors (Lipinski definition) is 1. The third kappa shape index (κ3) is 2.70. The minimum absolute atomic E-state index is 0.279. The molecule has 0 aliphatic carbocycles. The van der Waals surface area contributed by atoms with Crippen LogP contribution in [0.25, 0.3) is 0 Å². The number of nitrogens with zero attached hydrogens (tertiary/aromatic N) is 1. The first-order valence-corrected chi connectivity index (χ1v) is 7.39. The molecule has 0 aromatic heterocycles. The van der Waals surface area contributed by atoms with Crippen LogP contribution >= 0.6 is 0 Å². The van der Waals surface area contributed by atoms with Crippen molar-refractivity contribution in [2.45, 2.75) is 24.2 Å². The number of rotatable bonds is 4. The Morgan fingerprint density at radius 3 is 2.22 bits per heavy atom. The standard InChI is InChI=1S/C12H16N2O3S/c15-10-13-11-4-6-12(7-5-11)18(16,17)14-8-2-1-3-9-14/h4-7,10H,1-3,8-9H2,(H,13,15). The van der Waals surface area contributed by atoms with Crippen molar-refractivity contribution in [3.8, 4) is 0 Å². The second-order valence-corrected chi connectivity index (χ2v) is 6.19. The summed E-state index contributed by atoms with van der Waals surface area (Å²) in [6.07, 6.45) is 3.50.